The Hall–Kier alpha value is -1.20. The van der Waals surface area contributed by atoms with E-state index in [-0.39, 0.29) is 6.10 Å². The molecule has 24 heavy (non-hydrogen) atoms. The number of allylic oxidation sites excluding steroid dienone is 1. The lowest BCUT2D eigenvalue weighted by Gasteiger charge is -2.31. The molecule has 134 valence electrons. The maximum atomic E-state index is 10.3. The molecule has 0 aliphatic carbocycles. The van der Waals surface area contributed by atoms with Crippen molar-refractivity contribution >= 4 is 0 Å². The van der Waals surface area contributed by atoms with Crippen molar-refractivity contribution in [1.82, 2.24) is 9.80 Å². The lowest BCUT2D eigenvalue weighted by molar-refractivity contribution is 0.0288. The van der Waals surface area contributed by atoms with E-state index in [1.165, 1.54) is 11.1 Å². The van der Waals surface area contributed by atoms with Gasteiger partial charge in [-0.3, -0.25) is 9.80 Å². The number of ether oxygens (including phenoxy) is 1. The Morgan fingerprint density at radius 2 is 2.08 bits per heavy atom. The van der Waals surface area contributed by atoms with Crippen LogP contribution in [0.2, 0.25) is 0 Å². The van der Waals surface area contributed by atoms with Crippen LogP contribution in [0.3, 0.4) is 0 Å². The van der Waals surface area contributed by atoms with Gasteiger partial charge in [0.25, 0.3) is 0 Å². The molecule has 1 heterocycles. The van der Waals surface area contributed by atoms with E-state index < -0.39 is 0 Å². The highest BCUT2D eigenvalue weighted by Crippen LogP contribution is 2.12. The predicted octanol–water partition coefficient (Wildman–Crippen LogP) is 2.46. The van der Waals surface area contributed by atoms with Crippen LogP contribution in [-0.2, 0) is 11.3 Å². The molecule has 0 spiro atoms. The van der Waals surface area contributed by atoms with Crippen LogP contribution < -0.4 is 0 Å². The highest BCUT2D eigenvalue weighted by Gasteiger charge is 2.16. The molecule has 1 atom stereocenters. The number of benzene rings is 1. The van der Waals surface area contributed by atoms with Gasteiger partial charge in [0.1, 0.15) is 0 Å². The Balaban J connectivity index is 1.91. The standard InChI is InChI=1S/C20H32N2O2/c1-3-4-9-20(23)17-22(11-10-21-12-14-24-15-13-21)16-19-8-6-5-7-18(19)2/h3,5-8,20,23H,1,4,9-17H2,2H3. The smallest absolute Gasteiger partial charge is 0.0670 e. The Morgan fingerprint density at radius 1 is 1.33 bits per heavy atom. The highest BCUT2D eigenvalue weighted by atomic mass is 16.5. The van der Waals surface area contributed by atoms with Crippen molar-refractivity contribution in [3.8, 4) is 0 Å². The zero-order chi connectivity index (χ0) is 17.2. The van der Waals surface area contributed by atoms with Gasteiger partial charge in [0.05, 0.1) is 19.3 Å². The van der Waals surface area contributed by atoms with Crippen LogP contribution in [0.1, 0.15) is 24.0 Å². The molecule has 0 bridgehead atoms. The minimum absolute atomic E-state index is 0.295. The summed E-state index contributed by atoms with van der Waals surface area (Å²) in [5, 5.41) is 10.3. The molecular formula is C20H32N2O2. The van der Waals surface area contributed by atoms with E-state index >= 15 is 0 Å². The average molecular weight is 332 g/mol. The third kappa shape index (κ3) is 6.73. The highest BCUT2D eigenvalue weighted by molar-refractivity contribution is 5.25. The Labute approximate surface area is 146 Å². The second-order valence-electron chi connectivity index (χ2n) is 6.64. The minimum atomic E-state index is -0.295. The van der Waals surface area contributed by atoms with Gasteiger partial charge in [-0.2, -0.15) is 0 Å². The number of hydrogen-bond acceptors (Lipinski definition) is 4. The van der Waals surface area contributed by atoms with E-state index in [4.69, 9.17) is 4.74 Å². The van der Waals surface area contributed by atoms with Crippen LogP contribution in [0.25, 0.3) is 0 Å². The fourth-order valence-corrected chi connectivity index (χ4v) is 3.07. The number of hydrogen-bond donors (Lipinski definition) is 1. The number of aryl methyl sites for hydroxylation is 1. The lowest BCUT2D eigenvalue weighted by atomic mass is 10.1. The summed E-state index contributed by atoms with van der Waals surface area (Å²) >= 11 is 0. The topological polar surface area (TPSA) is 35.9 Å². The van der Waals surface area contributed by atoms with Crippen molar-refractivity contribution in [3.05, 3.63) is 48.0 Å². The van der Waals surface area contributed by atoms with E-state index in [9.17, 15) is 5.11 Å². The molecule has 4 nitrogen and oxygen atoms in total. The number of aliphatic hydroxyl groups is 1. The quantitative estimate of drug-likeness (QED) is 0.668. The predicted molar refractivity (Wildman–Crippen MR) is 99.2 cm³/mol. The Kier molecular flexibility index (Phi) is 8.47. The molecule has 0 amide bonds. The fraction of sp³-hybridized carbons (Fsp3) is 0.600. The van der Waals surface area contributed by atoms with Crippen molar-refractivity contribution in [2.45, 2.75) is 32.4 Å². The van der Waals surface area contributed by atoms with Crippen molar-refractivity contribution in [3.63, 3.8) is 0 Å². The summed E-state index contributed by atoms with van der Waals surface area (Å²) in [5.41, 5.74) is 2.66. The van der Waals surface area contributed by atoms with Gasteiger partial charge in [-0.15, -0.1) is 6.58 Å². The molecule has 1 aliphatic heterocycles. The Morgan fingerprint density at radius 3 is 2.79 bits per heavy atom. The van der Waals surface area contributed by atoms with Gasteiger partial charge in [-0.1, -0.05) is 30.3 Å². The molecule has 0 saturated carbocycles. The van der Waals surface area contributed by atoms with E-state index in [1.54, 1.807) is 0 Å². The normalized spacial score (nSPS) is 17.1. The van der Waals surface area contributed by atoms with Crippen LogP contribution in [0.4, 0.5) is 0 Å². The molecule has 1 N–H and O–H groups in total. The summed E-state index contributed by atoms with van der Waals surface area (Å²) in [6.45, 7) is 13.2. The van der Waals surface area contributed by atoms with Crippen molar-refractivity contribution in [2.75, 3.05) is 45.9 Å². The van der Waals surface area contributed by atoms with Crippen molar-refractivity contribution in [2.24, 2.45) is 0 Å². The summed E-state index contributed by atoms with van der Waals surface area (Å²) < 4.78 is 5.42. The minimum Gasteiger partial charge on any atom is -0.392 e. The SMILES string of the molecule is C=CCCC(O)CN(CCN1CCOCC1)Cc1ccccc1C. The van der Waals surface area contributed by atoms with Gasteiger partial charge in [0, 0.05) is 39.3 Å². The first kappa shape index (κ1) is 19.1. The van der Waals surface area contributed by atoms with Crippen LogP contribution in [0.5, 0.6) is 0 Å². The van der Waals surface area contributed by atoms with Crippen LogP contribution in [-0.4, -0.2) is 66.9 Å². The van der Waals surface area contributed by atoms with Gasteiger partial charge >= 0.3 is 0 Å². The third-order valence-corrected chi connectivity index (χ3v) is 4.66. The van der Waals surface area contributed by atoms with Crippen LogP contribution >= 0.6 is 0 Å². The molecule has 0 aromatic heterocycles. The maximum absolute atomic E-state index is 10.3. The third-order valence-electron chi connectivity index (χ3n) is 4.66. The van der Waals surface area contributed by atoms with Gasteiger partial charge in [0.2, 0.25) is 0 Å². The van der Waals surface area contributed by atoms with Gasteiger partial charge in [0.15, 0.2) is 0 Å². The van der Waals surface area contributed by atoms with E-state index in [0.29, 0.717) is 6.54 Å². The van der Waals surface area contributed by atoms with Crippen LogP contribution in [0.15, 0.2) is 36.9 Å². The molecule has 0 radical (unpaired) electrons. The van der Waals surface area contributed by atoms with Gasteiger partial charge in [-0.25, -0.2) is 0 Å². The fourth-order valence-electron chi connectivity index (χ4n) is 3.07. The summed E-state index contributed by atoms with van der Waals surface area (Å²) in [6.07, 6.45) is 3.23. The van der Waals surface area contributed by atoms with E-state index in [1.807, 2.05) is 6.08 Å². The molecule has 4 heteroatoms. The summed E-state index contributed by atoms with van der Waals surface area (Å²) in [7, 11) is 0. The molecule has 1 saturated heterocycles. The van der Waals surface area contributed by atoms with E-state index in [0.717, 1.165) is 58.8 Å². The largest absolute Gasteiger partial charge is 0.392 e. The summed E-state index contributed by atoms with van der Waals surface area (Å²) in [6, 6.07) is 8.52. The zero-order valence-electron chi connectivity index (χ0n) is 15.0. The molecule has 1 unspecified atom stereocenters. The molecule has 1 aliphatic rings. The maximum Gasteiger partial charge on any atom is 0.0670 e. The first-order valence-electron chi connectivity index (χ1n) is 9.05. The first-order chi connectivity index (χ1) is 11.7. The number of rotatable bonds is 10. The molecule has 1 fully saturated rings. The van der Waals surface area contributed by atoms with E-state index in [2.05, 4.69) is 47.6 Å². The van der Waals surface area contributed by atoms with Crippen LogP contribution in [0, 0.1) is 6.92 Å². The average Bonchev–Trinajstić information content (AvgIpc) is 2.60. The molecule has 1 aromatic carbocycles. The second-order valence-corrected chi connectivity index (χ2v) is 6.64. The van der Waals surface area contributed by atoms with Gasteiger partial charge < -0.3 is 9.84 Å². The zero-order valence-corrected chi connectivity index (χ0v) is 15.0. The number of morpholine rings is 1. The number of nitrogens with zero attached hydrogens (tertiary/aromatic N) is 2. The second kappa shape index (κ2) is 10.6. The summed E-state index contributed by atoms with van der Waals surface area (Å²) in [5.74, 6) is 0. The molecule has 1 aromatic rings. The van der Waals surface area contributed by atoms with Crippen molar-refractivity contribution in [1.29, 1.82) is 0 Å². The number of aliphatic hydroxyl groups excluding tert-OH is 1. The van der Waals surface area contributed by atoms with Crippen molar-refractivity contribution < 1.29 is 9.84 Å². The summed E-state index contributed by atoms with van der Waals surface area (Å²) in [4.78, 5) is 4.83. The molecular weight excluding hydrogens is 300 g/mol. The monoisotopic (exact) mass is 332 g/mol. The first-order valence-corrected chi connectivity index (χ1v) is 9.05. The van der Waals surface area contributed by atoms with Gasteiger partial charge in [-0.05, 0) is 30.9 Å². The lowest BCUT2D eigenvalue weighted by Crippen LogP contribution is -2.43. The Bertz CT molecular complexity index is 486. The molecule has 2 rings (SSSR count).